The van der Waals surface area contributed by atoms with E-state index in [-0.39, 0.29) is 18.2 Å². The minimum absolute atomic E-state index is 0.0323. The molecule has 9 nitrogen and oxygen atoms in total. The Kier molecular flexibility index (Phi) is 9.81. The van der Waals surface area contributed by atoms with E-state index in [0.717, 1.165) is 29.4 Å². The van der Waals surface area contributed by atoms with Gasteiger partial charge in [-0.25, -0.2) is 4.99 Å². The fourth-order valence-corrected chi connectivity index (χ4v) is 6.51. The number of nitriles is 1. The fourth-order valence-electron chi connectivity index (χ4n) is 4.39. The first kappa shape index (κ1) is 31.0. The van der Waals surface area contributed by atoms with E-state index in [1.807, 2.05) is 60.7 Å². The number of hydrogen-bond acceptors (Lipinski definition) is 8. The number of hydrogen-bond donors (Lipinski definition) is 0. The number of aliphatic imine (C=N–C) groups is 1. The molecule has 1 aromatic heterocycles. The first-order valence-electron chi connectivity index (χ1n) is 13.1. The summed E-state index contributed by atoms with van der Waals surface area (Å²) >= 11 is 4.39. The lowest BCUT2D eigenvalue weighted by Crippen LogP contribution is -2.00. The highest BCUT2D eigenvalue weighted by atomic mass is 127. The van der Waals surface area contributed by atoms with E-state index in [1.54, 1.807) is 32.6 Å². The van der Waals surface area contributed by atoms with E-state index in [2.05, 4.69) is 56.2 Å². The van der Waals surface area contributed by atoms with Crippen LogP contribution in [0.25, 0.3) is 22.5 Å². The number of ether oxygens (including phenoxy) is 3. The third kappa shape index (κ3) is 6.87. The molecule has 0 unspecified atom stereocenters. The minimum Gasteiger partial charge on any atom is -0.497 e. The zero-order valence-electron chi connectivity index (χ0n) is 23.4. The van der Waals surface area contributed by atoms with E-state index in [1.165, 1.54) is 12.1 Å². The average molecular weight is 811 g/mol. The molecule has 0 radical (unpaired) electrons. The van der Waals surface area contributed by atoms with Crippen molar-refractivity contribution in [2.75, 3.05) is 14.2 Å². The summed E-state index contributed by atoms with van der Waals surface area (Å²) < 4.78 is 24.6. The number of rotatable bonds is 10. The van der Waals surface area contributed by atoms with Crippen LogP contribution in [0.4, 0.5) is 11.6 Å². The van der Waals surface area contributed by atoms with Crippen LogP contribution in [0.2, 0.25) is 0 Å². The number of methoxy groups -OCH3 is 2. The summed E-state index contributed by atoms with van der Waals surface area (Å²) in [6.45, 7) is 0.262. The predicted molar refractivity (Wildman–Crippen MR) is 184 cm³/mol. The fraction of sp³-hybridized carbons (Fsp3) is 0.0909. The molecule has 0 saturated heterocycles. The van der Waals surface area contributed by atoms with Crippen LogP contribution in [0, 0.1) is 28.6 Å². The lowest BCUT2D eigenvalue weighted by molar-refractivity contribution is -0.384. The standard InChI is InChI=1S/C33H23I2N3O6/c1-41-25-11-5-22(6-12-25)30-27(17-36)33(44-31(30)23-7-13-26(42-2)14-8-23)37-18-21-15-28(34)32(29(35)16-21)43-19-20-3-9-24(10-4-20)38(39)40/h3-16,18H,19H2,1-2H3. The molecule has 0 bridgehead atoms. The van der Waals surface area contributed by atoms with E-state index in [9.17, 15) is 15.4 Å². The Morgan fingerprint density at radius 2 is 1.48 bits per heavy atom. The van der Waals surface area contributed by atoms with Crippen LogP contribution in [0.1, 0.15) is 16.7 Å². The van der Waals surface area contributed by atoms with Crippen LogP contribution in [0.3, 0.4) is 0 Å². The topological polar surface area (TPSA) is 120 Å². The molecule has 220 valence electrons. The van der Waals surface area contributed by atoms with Gasteiger partial charge in [-0.15, -0.1) is 0 Å². The Bertz CT molecular complexity index is 1850. The Morgan fingerprint density at radius 1 is 0.909 bits per heavy atom. The molecular weight excluding hydrogens is 788 g/mol. The van der Waals surface area contributed by atoms with Crippen molar-refractivity contribution >= 4 is 63.0 Å². The van der Waals surface area contributed by atoms with E-state index < -0.39 is 4.92 Å². The number of furan rings is 1. The van der Waals surface area contributed by atoms with Gasteiger partial charge in [0, 0.05) is 29.5 Å². The SMILES string of the molecule is COc1ccc(-c2oc(N=Cc3cc(I)c(OCc4ccc([N+](=O)[O-])cc4)c(I)c3)c(C#N)c2-c2ccc(OC)cc2)cc1. The van der Waals surface area contributed by atoms with Gasteiger partial charge in [-0.3, -0.25) is 10.1 Å². The number of nitro benzene ring substituents is 1. The average Bonchev–Trinajstić information content (AvgIpc) is 3.42. The van der Waals surface area contributed by atoms with Gasteiger partial charge in [0.2, 0.25) is 5.88 Å². The van der Waals surface area contributed by atoms with Gasteiger partial charge in [-0.2, -0.15) is 5.26 Å². The molecular formula is C33H23I2N3O6. The summed E-state index contributed by atoms with van der Waals surface area (Å²) in [5.41, 5.74) is 4.14. The van der Waals surface area contributed by atoms with Crippen molar-refractivity contribution in [1.29, 1.82) is 5.26 Å². The molecule has 0 fully saturated rings. The number of halogens is 2. The second-order valence-corrected chi connectivity index (χ2v) is 11.7. The quantitative estimate of drug-likeness (QED) is 0.0598. The van der Waals surface area contributed by atoms with Crippen molar-refractivity contribution in [2.24, 2.45) is 4.99 Å². The second kappa shape index (κ2) is 13.9. The monoisotopic (exact) mass is 811 g/mol. The van der Waals surface area contributed by atoms with Crippen LogP contribution >= 0.6 is 45.2 Å². The number of nitro groups is 1. The summed E-state index contributed by atoms with van der Waals surface area (Å²) in [4.78, 5) is 15.1. The number of benzene rings is 4. The van der Waals surface area contributed by atoms with Gasteiger partial charge in [-0.05, 0) is 123 Å². The third-order valence-electron chi connectivity index (χ3n) is 6.61. The molecule has 0 aliphatic rings. The molecule has 1 heterocycles. The second-order valence-electron chi connectivity index (χ2n) is 9.34. The van der Waals surface area contributed by atoms with Crippen LogP contribution in [-0.4, -0.2) is 25.4 Å². The molecule has 5 aromatic rings. The molecule has 0 N–H and O–H groups in total. The lowest BCUT2D eigenvalue weighted by atomic mass is 9.98. The van der Waals surface area contributed by atoms with Crippen molar-refractivity contribution in [1.82, 2.24) is 0 Å². The highest BCUT2D eigenvalue weighted by molar-refractivity contribution is 14.1. The molecule has 44 heavy (non-hydrogen) atoms. The summed E-state index contributed by atoms with van der Waals surface area (Å²) in [7, 11) is 3.20. The molecule has 5 rings (SSSR count). The first-order valence-corrected chi connectivity index (χ1v) is 15.2. The Morgan fingerprint density at radius 3 is 2.00 bits per heavy atom. The van der Waals surface area contributed by atoms with Crippen molar-refractivity contribution in [2.45, 2.75) is 6.61 Å². The number of nitrogens with zero attached hydrogens (tertiary/aromatic N) is 3. The van der Waals surface area contributed by atoms with Gasteiger partial charge in [0.25, 0.3) is 5.69 Å². The number of non-ortho nitro benzene ring substituents is 1. The molecule has 0 saturated carbocycles. The molecule has 11 heteroatoms. The maximum absolute atomic E-state index is 10.9. The van der Waals surface area contributed by atoms with Crippen molar-refractivity contribution in [3.8, 4) is 45.8 Å². The third-order valence-corrected chi connectivity index (χ3v) is 8.22. The summed E-state index contributed by atoms with van der Waals surface area (Å²) in [5.74, 6) is 2.80. The maximum Gasteiger partial charge on any atom is 0.269 e. The van der Waals surface area contributed by atoms with Gasteiger partial charge in [-0.1, -0.05) is 12.1 Å². The zero-order valence-corrected chi connectivity index (χ0v) is 27.7. The van der Waals surface area contributed by atoms with Gasteiger partial charge in [0.05, 0.1) is 26.3 Å². The van der Waals surface area contributed by atoms with Crippen molar-refractivity contribution < 1.29 is 23.6 Å². The lowest BCUT2D eigenvalue weighted by Gasteiger charge is -2.11. The molecule has 4 aromatic carbocycles. The highest BCUT2D eigenvalue weighted by Gasteiger charge is 2.23. The van der Waals surface area contributed by atoms with E-state index in [0.29, 0.717) is 34.1 Å². The van der Waals surface area contributed by atoms with Gasteiger partial charge >= 0.3 is 0 Å². The molecule has 0 spiro atoms. The van der Waals surface area contributed by atoms with Crippen LogP contribution in [-0.2, 0) is 6.61 Å². The summed E-state index contributed by atoms with van der Waals surface area (Å²) in [5, 5.41) is 21.2. The molecule has 0 aliphatic carbocycles. The van der Waals surface area contributed by atoms with Crippen molar-refractivity contribution in [3.63, 3.8) is 0 Å². The first-order chi connectivity index (χ1) is 21.3. The summed E-state index contributed by atoms with van der Waals surface area (Å²) in [6.07, 6.45) is 1.65. The smallest absolute Gasteiger partial charge is 0.269 e. The van der Waals surface area contributed by atoms with Crippen LogP contribution in [0.5, 0.6) is 17.2 Å². The largest absolute Gasteiger partial charge is 0.497 e. The normalized spacial score (nSPS) is 10.9. The molecule has 0 amide bonds. The molecule has 0 aliphatic heterocycles. The van der Waals surface area contributed by atoms with Crippen LogP contribution < -0.4 is 14.2 Å². The minimum atomic E-state index is -0.432. The Labute approximate surface area is 280 Å². The Hall–Kier alpha value is -4.42. The van der Waals surface area contributed by atoms with E-state index >= 15 is 0 Å². The zero-order chi connectivity index (χ0) is 31.2. The Balaban J connectivity index is 1.46. The van der Waals surface area contributed by atoms with Gasteiger partial charge in [0.15, 0.2) is 0 Å². The van der Waals surface area contributed by atoms with Crippen LogP contribution in [0.15, 0.2) is 94.3 Å². The summed E-state index contributed by atoms with van der Waals surface area (Å²) in [6, 6.07) is 27.2. The molecule has 0 atom stereocenters. The highest BCUT2D eigenvalue weighted by Crippen LogP contribution is 2.43. The maximum atomic E-state index is 10.9. The van der Waals surface area contributed by atoms with Gasteiger partial charge < -0.3 is 18.6 Å². The van der Waals surface area contributed by atoms with E-state index in [4.69, 9.17) is 18.6 Å². The van der Waals surface area contributed by atoms with Crippen molar-refractivity contribution in [3.05, 3.63) is 119 Å². The predicted octanol–water partition coefficient (Wildman–Crippen LogP) is 8.95. The van der Waals surface area contributed by atoms with Gasteiger partial charge in [0.1, 0.15) is 41.2 Å².